The summed E-state index contributed by atoms with van der Waals surface area (Å²) in [4.78, 5) is 11.7. The molecular formula is C23H28O7. The highest BCUT2D eigenvalue weighted by molar-refractivity contribution is 5.66. The predicted octanol–water partition coefficient (Wildman–Crippen LogP) is 2.45. The molecular weight excluding hydrogens is 388 g/mol. The van der Waals surface area contributed by atoms with Crippen molar-refractivity contribution in [3.8, 4) is 0 Å². The van der Waals surface area contributed by atoms with Gasteiger partial charge in [0.05, 0.1) is 19.8 Å². The van der Waals surface area contributed by atoms with Crippen LogP contribution in [-0.4, -0.2) is 55.5 Å². The summed E-state index contributed by atoms with van der Waals surface area (Å²) in [6.07, 6.45) is -4.28. The van der Waals surface area contributed by atoms with Crippen LogP contribution in [0.15, 0.2) is 60.7 Å². The van der Waals surface area contributed by atoms with E-state index in [0.717, 1.165) is 11.1 Å². The van der Waals surface area contributed by atoms with Crippen molar-refractivity contribution in [2.75, 3.05) is 13.7 Å². The number of carbonyl (C=O) groups excluding carboxylic acids is 1. The first kappa shape index (κ1) is 22.4. The molecule has 2 aromatic rings. The Morgan fingerprint density at radius 2 is 1.53 bits per heavy atom. The van der Waals surface area contributed by atoms with Crippen molar-refractivity contribution in [1.29, 1.82) is 0 Å². The van der Waals surface area contributed by atoms with E-state index in [2.05, 4.69) is 0 Å². The summed E-state index contributed by atoms with van der Waals surface area (Å²) in [5.41, 5.74) is 1.95. The number of ether oxygens (including phenoxy) is 5. The number of esters is 1. The number of aliphatic hydroxyl groups is 1. The molecule has 0 aromatic heterocycles. The Hall–Kier alpha value is -2.29. The van der Waals surface area contributed by atoms with Crippen molar-refractivity contribution in [3.63, 3.8) is 0 Å². The summed E-state index contributed by atoms with van der Waals surface area (Å²) in [6.45, 7) is 2.07. The first-order chi connectivity index (χ1) is 14.6. The third-order valence-corrected chi connectivity index (χ3v) is 4.86. The molecule has 30 heavy (non-hydrogen) atoms. The molecule has 0 unspecified atom stereocenters. The van der Waals surface area contributed by atoms with Gasteiger partial charge in [0, 0.05) is 14.0 Å². The van der Waals surface area contributed by atoms with Crippen LogP contribution in [-0.2, 0) is 41.7 Å². The Bertz CT molecular complexity index is 768. The van der Waals surface area contributed by atoms with Gasteiger partial charge in [-0.05, 0) is 11.1 Å². The number of methoxy groups -OCH3 is 1. The lowest BCUT2D eigenvalue weighted by molar-refractivity contribution is -0.306. The van der Waals surface area contributed by atoms with Crippen LogP contribution in [0, 0.1) is 0 Å². The van der Waals surface area contributed by atoms with Crippen LogP contribution in [0.3, 0.4) is 0 Å². The molecule has 0 radical (unpaired) electrons. The van der Waals surface area contributed by atoms with E-state index in [1.807, 2.05) is 60.7 Å². The Morgan fingerprint density at radius 1 is 0.933 bits per heavy atom. The van der Waals surface area contributed by atoms with Gasteiger partial charge in [-0.25, -0.2) is 0 Å². The van der Waals surface area contributed by atoms with Crippen molar-refractivity contribution in [1.82, 2.24) is 0 Å². The summed E-state index contributed by atoms with van der Waals surface area (Å²) in [7, 11) is 1.49. The number of rotatable bonds is 9. The van der Waals surface area contributed by atoms with Gasteiger partial charge in [0.2, 0.25) is 0 Å². The molecule has 0 saturated carbocycles. The molecule has 7 heteroatoms. The average Bonchev–Trinajstić information content (AvgIpc) is 2.75. The van der Waals surface area contributed by atoms with E-state index in [1.165, 1.54) is 14.0 Å². The van der Waals surface area contributed by atoms with Crippen molar-refractivity contribution >= 4 is 5.97 Å². The van der Waals surface area contributed by atoms with Crippen LogP contribution in [0.1, 0.15) is 18.1 Å². The third-order valence-electron chi connectivity index (χ3n) is 4.86. The lowest BCUT2D eigenvalue weighted by atomic mass is 9.98. The highest BCUT2D eigenvalue weighted by atomic mass is 16.7. The van der Waals surface area contributed by atoms with Crippen molar-refractivity contribution < 1.29 is 33.6 Å². The maximum atomic E-state index is 11.7. The van der Waals surface area contributed by atoms with Crippen molar-refractivity contribution in [2.24, 2.45) is 0 Å². The molecule has 0 amide bonds. The second kappa shape index (κ2) is 11.2. The van der Waals surface area contributed by atoms with Crippen LogP contribution in [0.2, 0.25) is 0 Å². The molecule has 0 aliphatic carbocycles. The molecule has 1 aliphatic rings. The summed E-state index contributed by atoms with van der Waals surface area (Å²) in [5, 5.41) is 10.6. The van der Waals surface area contributed by atoms with Crippen LogP contribution >= 0.6 is 0 Å². The Kier molecular flexibility index (Phi) is 8.36. The quantitative estimate of drug-likeness (QED) is 0.629. The molecule has 1 aliphatic heterocycles. The highest BCUT2D eigenvalue weighted by Crippen LogP contribution is 2.28. The zero-order valence-electron chi connectivity index (χ0n) is 17.2. The molecule has 0 spiro atoms. The minimum atomic E-state index is -1.25. The van der Waals surface area contributed by atoms with E-state index in [1.54, 1.807) is 0 Å². The first-order valence-electron chi connectivity index (χ1n) is 9.89. The summed E-state index contributed by atoms with van der Waals surface area (Å²) < 4.78 is 28.4. The molecule has 2 aromatic carbocycles. The van der Waals surface area contributed by atoms with E-state index < -0.39 is 36.7 Å². The standard InChI is InChI=1S/C23H28O7/c1-16(24)29-20-19(15-27-13-17-9-5-3-6-10-17)30-23(25)22(21(20)26-2)28-14-18-11-7-4-8-12-18/h3-12,19-23,25H,13-15H2,1-2H3/t19-,20-,21+,22+,23+/m1/s1. The molecule has 1 saturated heterocycles. The topological polar surface area (TPSA) is 83.5 Å². The summed E-state index contributed by atoms with van der Waals surface area (Å²) >= 11 is 0. The van der Waals surface area contributed by atoms with Gasteiger partial charge < -0.3 is 28.8 Å². The normalized spacial score (nSPS) is 26.3. The number of hydrogen-bond acceptors (Lipinski definition) is 7. The second-order valence-corrected chi connectivity index (χ2v) is 7.10. The molecule has 3 rings (SSSR count). The minimum absolute atomic E-state index is 0.120. The van der Waals surface area contributed by atoms with Gasteiger partial charge in [-0.1, -0.05) is 60.7 Å². The molecule has 0 bridgehead atoms. The summed E-state index contributed by atoms with van der Waals surface area (Å²) in [6, 6.07) is 19.2. The monoisotopic (exact) mass is 416 g/mol. The number of benzene rings is 2. The zero-order chi connectivity index (χ0) is 21.3. The Balaban J connectivity index is 1.66. The van der Waals surface area contributed by atoms with E-state index >= 15 is 0 Å². The van der Waals surface area contributed by atoms with Gasteiger partial charge in [0.15, 0.2) is 12.4 Å². The fraction of sp³-hybridized carbons (Fsp3) is 0.435. The summed E-state index contributed by atoms with van der Waals surface area (Å²) in [5.74, 6) is -0.475. The van der Waals surface area contributed by atoms with Gasteiger partial charge in [-0.3, -0.25) is 4.79 Å². The molecule has 1 heterocycles. The van der Waals surface area contributed by atoms with Gasteiger partial charge in [0.1, 0.15) is 18.3 Å². The molecule has 1 fully saturated rings. The lowest BCUT2D eigenvalue weighted by Gasteiger charge is -2.43. The van der Waals surface area contributed by atoms with Crippen LogP contribution < -0.4 is 0 Å². The predicted molar refractivity (Wildman–Crippen MR) is 108 cm³/mol. The van der Waals surface area contributed by atoms with Gasteiger partial charge >= 0.3 is 5.97 Å². The van der Waals surface area contributed by atoms with Gasteiger partial charge in [0.25, 0.3) is 0 Å². The fourth-order valence-electron chi connectivity index (χ4n) is 3.44. The van der Waals surface area contributed by atoms with Gasteiger partial charge in [-0.15, -0.1) is 0 Å². The molecule has 1 N–H and O–H groups in total. The minimum Gasteiger partial charge on any atom is -0.457 e. The fourth-order valence-corrected chi connectivity index (χ4v) is 3.44. The second-order valence-electron chi connectivity index (χ2n) is 7.10. The molecule has 7 nitrogen and oxygen atoms in total. The van der Waals surface area contributed by atoms with E-state index in [4.69, 9.17) is 23.7 Å². The van der Waals surface area contributed by atoms with Crippen molar-refractivity contribution in [3.05, 3.63) is 71.8 Å². The van der Waals surface area contributed by atoms with Crippen LogP contribution in [0.5, 0.6) is 0 Å². The number of hydrogen-bond donors (Lipinski definition) is 1. The Morgan fingerprint density at radius 3 is 2.10 bits per heavy atom. The maximum Gasteiger partial charge on any atom is 0.303 e. The van der Waals surface area contributed by atoms with E-state index in [-0.39, 0.29) is 13.2 Å². The average molecular weight is 416 g/mol. The maximum absolute atomic E-state index is 11.7. The lowest BCUT2D eigenvalue weighted by Crippen LogP contribution is -2.61. The smallest absolute Gasteiger partial charge is 0.303 e. The molecule has 162 valence electrons. The SMILES string of the molecule is CO[C@@H]1[C@H](OCc2ccccc2)[C@@H](O)O[C@H](COCc2ccccc2)[C@H]1OC(C)=O. The van der Waals surface area contributed by atoms with Crippen LogP contribution in [0.4, 0.5) is 0 Å². The number of aliphatic hydroxyl groups excluding tert-OH is 1. The Labute approximate surface area is 176 Å². The van der Waals surface area contributed by atoms with Crippen molar-refractivity contribution in [2.45, 2.75) is 50.8 Å². The van der Waals surface area contributed by atoms with E-state index in [0.29, 0.717) is 6.61 Å². The third kappa shape index (κ3) is 6.10. The highest BCUT2D eigenvalue weighted by Gasteiger charge is 2.48. The molecule has 5 atom stereocenters. The largest absolute Gasteiger partial charge is 0.457 e. The zero-order valence-corrected chi connectivity index (χ0v) is 17.2. The number of carbonyl (C=O) groups is 1. The van der Waals surface area contributed by atoms with E-state index in [9.17, 15) is 9.90 Å². The van der Waals surface area contributed by atoms with Gasteiger partial charge in [-0.2, -0.15) is 0 Å². The first-order valence-corrected chi connectivity index (χ1v) is 9.89. The van der Waals surface area contributed by atoms with Crippen LogP contribution in [0.25, 0.3) is 0 Å².